The molecule has 3 heterocycles. The first-order valence-electron chi connectivity index (χ1n) is 14.4. The fraction of sp³-hybridized carbons (Fsp3) is 0.500. The van der Waals surface area contributed by atoms with Crippen LogP contribution in [0.25, 0.3) is 10.2 Å². The van der Waals surface area contributed by atoms with Crippen LogP contribution < -0.4 is 20.3 Å². The molecular formula is C30H30F4N4O4S. The van der Waals surface area contributed by atoms with Gasteiger partial charge in [0.15, 0.2) is 5.13 Å². The molecule has 2 aliphatic heterocycles. The van der Waals surface area contributed by atoms with Gasteiger partial charge in [0.2, 0.25) is 5.91 Å². The van der Waals surface area contributed by atoms with E-state index in [2.05, 4.69) is 15.5 Å². The summed E-state index contributed by atoms with van der Waals surface area (Å²) in [7, 11) is 1.48. The fourth-order valence-corrected chi connectivity index (χ4v) is 9.00. The highest BCUT2D eigenvalue weighted by atomic mass is 32.1. The number of aromatic nitrogens is 1. The fourth-order valence-electron chi connectivity index (χ4n) is 7.76. The zero-order valence-corrected chi connectivity index (χ0v) is 24.0. The number of halogens is 4. The van der Waals surface area contributed by atoms with Crippen molar-refractivity contribution in [1.82, 2.24) is 10.3 Å². The number of alkyl halides is 3. The van der Waals surface area contributed by atoms with Gasteiger partial charge in [0.25, 0.3) is 5.91 Å². The standard InChI is InChI=1S/C30H30F4N4O4S/c1-42-22-7-6-21-26(43-29(36-21)38-16-10-17(38)12-18(39)11-16)24(22)28(41)37-25-14-3-2-13(8-14)23(25)27(40)35-15-4-5-20(31)19(9-15)30(32,33)34/h4-7,9,13-14,16-18,23,25,39H,2-3,8,10-12H2,1H3,(H,35,40)(H,37,41)/t13-,14+,16?,17?,18?,23+,25-/m1/s1. The van der Waals surface area contributed by atoms with Crippen molar-refractivity contribution in [2.45, 2.75) is 68.9 Å². The number of benzene rings is 2. The number of nitrogens with one attached hydrogen (secondary N) is 2. The van der Waals surface area contributed by atoms with Gasteiger partial charge in [-0.1, -0.05) is 11.3 Å². The summed E-state index contributed by atoms with van der Waals surface area (Å²) in [5, 5.41) is 16.5. The SMILES string of the molecule is COc1ccc2nc(N3C4CC(O)CC3C4)sc2c1C(=O)N[C@@H]1[C@H]2CC[C@H](C2)[C@@H]1C(=O)Nc1ccc(F)c(C(F)(F)F)c1. The Hall–Kier alpha value is -3.45. The third-order valence-corrected chi connectivity index (χ3v) is 10.8. The van der Waals surface area contributed by atoms with Gasteiger partial charge < -0.3 is 25.4 Å². The Balaban J connectivity index is 1.15. The van der Waals surface area contributed by atoms with E-state index in [0.29, 0.717) is 46.5 Å². The molecule has 2 amide bonds. The predicted molar refractivity (Wildman–Crippen MR) is 152 cm³/mol. The van der Waals surface area contributed by atoms with Crippen LogP contribution in [0, 0.1) is 23.6 Å². The van der Waals surface area contributed by atoms with E-state index >= 15 is 0 Å². The number of carbonyl (C=O) groups is 2. The van der Waals surface area contributed by atoms with Crippen LogP contribution in [0.3, 0.4) is 0 Å². The molecule has 2 aliphatic carbocycles. The number of hydrogen-bond acceptors (Lipinski definition) is 7. The molecule has 7 rings (SSSR count). The molecule has 2 unspecified atom stereocenters. The zero-order chi connectivity index (χ0) is 30.2. The number of amides is 2. The highest BCUT2D eigenvalue weighted by molar-refractivity contribution is 7.22. The highest BCUT2D eigenvalue weighted by Crippen LogP contribution is 2.50. The zero-order valence-electron chi connectivity index (χ0n) is 23.2. The molecule has 3 N–H and O–H groups in total. The highest BCUT2D eigenvalue weighted by Gasteiger charge is 2.52. The van der Waals surface area contributed by atoms with Crippen molar-refractivity contribution in [3.63, 3.8) is 0 Å². The average molecular weight is 619 g/mol. The second kappa shape index (κ2) is 10.3. The number of aliphatic hydroxyl groups excluding tert-OH is 1. The molecule has 8 nitrogen and oxygen atoms in total. The Morgan fingerprint density at radius 1 is 1.07 bits per heavy atom. The number of rotatable bonds is 6. The Labute approximate surface area is 248 Å². The molecule has 0 radical (unpaired) electrons. The van der Waals surface area contributed by atoms with Crippen LogP contribution in [0.4, 0.5) is 28.4 Å². The Morgan fingerprint density at radius 2 is 1.81 bits per heavy atom. The number of aliphatic hydroxyl groups is 1. The number of anilines is 2. The summed E-state index contributed by atoms with van der Waals surface area (Å²) in [6, 6.07) is 5.78. The largest absolute Gasteiger partial charge is 0.496 e. The Kier molecular flexibility index (Phi) is 6.80. The monoisotopic (exact) mass is 618 g/mol. The lowest BCUT2D eigenvalue weighted by Crippen LogP contribution is -2.62. The number of hydrogen-bond donors (Lipinski definition) is 3. The van der Waals surface area contributed by atoms with Gasteiger partial charge >= 0.3 is 6.18 Å². The normalized spacial score (nSPS) is 29.4. The molecule has 43 heavy (non-hydrogen) atoms. The third-order valence-electron chi connectivity index (χ3n) is 9.65. The van der Waals surface area contributed by atoms with Crippen LogP contribution in [0.2, 0.25) is 0 Å². The Bertz CT molecular complexity index is 1600. The van der Waals surface area contributed by atoms with Gasteiger partial charge in [-0.25, -0.2) is 9.37 Å². The molecule has 6 atom stereocenters. The van der Waals surface area contributed by atoms with Gasteiger partial charge in [-0.15, -0.1) is 0 Å². The summed E-state index contributed by atoms with van der Waals surface area (Å²) in [5.41, 5.74) is -0.635. The van der Waals surface area contributed by atoms with E-state index in [1.165, 1.54) is 18.4 Å². The molecule has 0 spiro atoms. The van der Waals surface area contributed by atoms with Crippen LogP contribution in [0.15, 0.2) is 30.3 Å². The Morgan fingerprint density at radius 3 is 2.53 bits per heavy atom. The number of piperidine rings is 1. The van der Waals surface area contributed by atoms with Gasteiger partial charge in [-0.05, 0) is 80.7 Å². The maximum atomic E-state index is 13.9. The molecule has 4 fully saturated rings. The van der Waals surface area contributed by atoms with E-state index < -0.39 is 41.3 Å². The lowest BCUT2D eigenvalue weighted by atomic mass is 9.78. The first-order valence-corrected chi connectivity index (χ1v) is 15.3. The quantitative estimate of drug-likeness (QED) is 0.322. The van der Waals surface area contributed by atoms with E-state index in [1.54, 1.807) is 12.1 Å². The maximum Gasteiger partial charge on any atom is 0.419 e. The van der Waals surface area contributed by atoms with Crippen LogP contribution in [-0.4, -0.2) is 53.2 Å². The predicted octanol–water partition coefficient (Wildman–Crippen LogP) is 5.35. The van der Waals surface area contributed by atoms with Crippen molar-refractivity contribution in [1.29, 1.82) is 0 Å². The molecule has 4 bridgehead atoms. The number of methoxy groups -OCH3 is 1. The summed E-state index contributed by atoms with van der Waals surface area (Å²) in [6.45, 7) is 0. The smallest absolute Gasteiger partial charge is 0.419 e. The van der Waals surface area contributed by atoms with E-state index in [0.717, 1.165) is 36.9 Å². The van der Waals surface area contributed by atoms with Crippen molar-refractivity contribution in [2.24, 2.45) is 17.8 Å². The minimum absolute atomic E-state index is 0.0355. The topological polar surface area (TPSA) is 104 Å². The maximum absolute atomic E-state index is 13.9. The molecule has 228 valence electrons. The number of carbonyl (C=O) groups excluding carboxylic acids is 2. The van der Waals surface area contributed by atoms with Crippen molar-refractivity contribution in [3.8, 4) is 5.75 Å². The lowest BCUT2D eigenvalue weighted by Gasteiger charge is -2.54. The van der Waals surface area contributed by atoms with Crippen molar-refractivity contribution < 1.29 is 37.0 Å². The average Bonchev–Trinajstić information content (AvgIpc) is 3.67. The van der Waals surface area contributed by atoms with E-state index in [1.807, 2.05) is 0 Å². The number of nitrogens with zero attached hydrogens (tertiary/aromatic N) is 2. The van der Waals surface area contributed by atoms with E-state index in [-0.39, 0.29) is 35.7 Å². The lowest BCUT2D eigenvalue weighted by molar-refractivity contribution is -0.140. The van der Waals surface area contributed by atoms with Gasteiger partial charge in [-0.3, -0.25) is 9.59 Å². The summed E-state index contributed by atoms with van der Waals surface area (Å²) in [6.07, 6.45) is -0.515. The number of ether oxygens (including phenoxy) is 1. The molecule has 2 saturated heterocycles. The molecule has 4 aliphatic rings. The first-order chi connectivity index (χ1) is 20.5. The summed E-state index contributed by atoms with van der Waals surface area (Å²) in [5.74, 6) is -2.61. The molecule has 2 aromatic carbocycles. The first kappa shape index (κ1) is 28.3. The van der Waals surface area contributed by atoms with Gasteiger partial charge in [0.05, 0.1) is 34.9 Å². The van der Waals surface area contributed by atoms with Crippen molar-refractivity contribution in [3.05, 3.63) is 47.3 Å². The molecule has 1 aromatic heterocycles. The number of fused-ring (bicyclic) bond motifs is 5. The minimum atomic E-state index is -4.90. The second-order valence-electron chi connectivity index (χ2n) is 12.1. The molecule has 2 saturated carbocycles. The van der Waals surface area contributed by atoms with Crippen molar-refractivity contribution >= 4 is 44.2 Å². The third kappa shape index (κ3) is 4.80. The summed E-state index contributed by atoms with van der Waals surface area (Å²) >= 11 is 1.40. The summed E-state index contributed by atoms with van der Waals surface area (Å²) < 4.78 is 59.8. The van der Waals surface area contributed by atoms with Crippen LogP contribution >= 0.6 is 11.3 Å². The second-order valence-corrected chi connectivity index (χ2v) is 13.1. The van der Waals surface area contributed by atoms with Crippen LogP contribution in [0.1, 0.15) is 54.4 Å². The van der Waals surface area contributed by atoms with Gasteiger partial charge in [0, 0.05) is 23.8 Å². The minimum Gasteiger partial charge on any atom is -0.496 e. The molecular weight excluding hydrogens is 588 g/mol. The van der Waals surface area contributed by atoms with E-state index in [9.17, 15) is 32.3 Å². The van der Waals surface area contributed by atoms with Crippen LogP contribution in [-0.2, 0) is 11.0 Å². The van der Waals surface area contributed by atoms with Gasteiger partial charge in [0.1, 0.15) is 17.1 Å². The number of thiazole rings is 1. The van der Waals surface area contributed by atoms with Crippen LogP contribution in [0.5, 0.6) is 5.75 Å². The summed E-state index contributed by atoms with van der Waals surface area (Å²) in [4.78, 5) is 34.4. The molecule has 3 aromatic rings. The van der Waals surface area contributed by atoms with Gasteiger partial charge in [-0.2, -0.15) is 13.2 Å². The molecule has 13 heteroatoms. The van der Waals surface area contributed by atoms with E-state index in [4.69, 9.17) is 9.72 Å². The van der Waals surface area contributed by atoms with Crippen molar-refractivity contribution in [2.75, 3.05) is 17.3 Å².